The molecule has 0 spiro atoms. The van der Waals surface area contributed by atoms with E-state index >= 15 is 0 Å². The molecule has 3 rings (SSSR count). The molecule has 1 aromatic carbocycles. The topological polar surface area (TPSA) is 38.8 Å². The van der Waals surface area contributed by atoms with Gasteiger partial charge in [-0.25, -0.2) is 4.79 Å². The molecule has 132 valence electrons. The van der Waals surface area contributed by atoms with E-state index in [9.17, 15) is 4.79 Å². The molecule has 0 saturated heterocycles. The van der Waals surface area contributed by atoms with Crippen molar-refractivity contribution in [2.45, 2.75) is 38.3 Å². The van der Waals surface area contributed by atoms with Gasteiger partial charge in [-0.1, -0.05) is 36.4 Å². The first-order valence-electron chi connectivity index (χ1n) is 8.34. The normalized spacial score (nSPS) is 18.6. The Morgan fingerprint density at radius 3 is 2.52 bits per heavy atom. The molecule has 6 heteroatoms. The van der Waals surface area contributed by atoms with Crippen LogP contribution in [0.4, 0.5) is 0 Å². The Kier molecular flexibility index (Phi) is 5.53. The van der Waals surface area contributed by atoms with E-state index < -0.39 is 8.32 Å². The number of hydrogen-bond donors (Lipinski definition) is 0. The third kappa shape index (κ3) is 4.89. The van der Waals surface area contributed by atoms with Gasteiger partial charge < -0.3 is 9.26 Å². The van der Waals surface area contributed by atoms with Crippen LogP contribution in [0.1, 0.15) is 16.5 Å². The lowest BCUT2D eigenvalue weighted by Gasteiger charge is -2.37. The highest BCUT2D eigenvalue weighted by Gasteiger charge is 2.36. The lowest BCUT2D eigenvalue weighted by Crippen LogP contribution is -2.43. The van der Waals surface area contributed by atoms with Crippen LogP contribution in [-0.2, 0) is 20.6 Å². The van der Waals surface area contributed by atoms with Gasteiger partial charge in [-0.05, 0) is 42.7 Å². The molecule has 2 unspecified atom stereocenters. The Hall–Kier alpha value is -1.73. The molecule has 2 aromatic rings. The number of carbonyl (C=O) groups is 1. The highest BCUT2D eigenvalue weighted by atomic mass is 32.1. The second-order valence-electron chi connectivity index (χ2n) is 6.99. The molecule has 0 bridgehead atoms. The fourth-order valence-corrected chi connectivity index (χ4v) is 4.53. The van der Waals surface area contributed by atoms with Gasteiger partial charge in [0.05, 0.1) is 0 Å². The fraction of sp³-hybridized carbons (Fsp3) is 0.316. The minimum atomic E-state index is -1.85. The van der Waals surface area contributed by atoms with Gasteiger partial charge in [0.1, 0.15) is 12.1 Å². The molecule has 0 radical (unpaired) electrons. The zero-order valence-corrected chi connectivity index (χ0v) is 16.5. The van der Waals surface area contributed by atoms with Gasteiger partial charge in [0.15, 0.2) is 0 Å². The van der Waals surface area contributed by atoms with Gasteiger partial charge >= 0.3 is 5.97 Å². The number of hydrogen-bond acceptors (Lipinski definition) is 5. The number of benzene rings is 1. The van der Waals surface area contributed by atoms with Crippen molar-refractivity contribution >= 4 is 25.6 Å². The smallest absolute Gasteiger partial charge is 0.331 e. The van der Waals surface area contributed by atoms with E-state index in [1.54, 1.807) is 11.3 Å². The Morgan fingerprint density at radius 1 is 1.20 bits per heavy atom. The summed E-state index contributed by atoms with van der Waals surface area (Å²) in [4.78, 5) is 12.8. The average Bonchev–Trinajstić information content (AvgIpc) is 3.20. The van der Waals surface area contributed by atoms with E-state index in [1.807, 2.05) is 40.8 Å². The molecule has 0 fully saturated rings. The predicted octanol–water partition coefficient (Wildman–Crippen LogP) is 4.54. The maximum absolute atomic E-state index is 11.6. The molecule has 2 heterocycles. The zero-order chi connectivity index (χ0) is 17.9. The van der Waals surface area contributed by atoms with Crippen molar-refractivity contribution in [3.63, 3.8) is 0 Å². The molecule has 0 N–H and O–H groups in total. The summed E-state index contributed by atoms with van der Waals surface area (Å²) in [6, 6.07) is 14.2. The van der Waals surface area contributed by atoms with E-state index in [4.69, 9.17) is 9.26 Å². The summed E-state index contributed by atoms with van der Waals surface area (Å²) < 4.78 is 12.0. The van der Waals surface area contributed by atoms with E-state index in [1.165, 1.54) is 6.08 Å². The monoisotopic (exact) mass is 373 g/mol. The van der Waals surface area contributed by atoms with Crippen LogP contribution in [0.15, 0.2) is 60.0 Å². The first kappa shape index (κ1) is 18.1. The third-order valence-corrected chi connectivity index (χ3v) is 5.43. The van der Waals surface area contributed by atoms with Crippen molar-refractivity contribution in [3.05, 3.63) is 70.4 Å². The van der Waals surface area contributed by atoms with Crippen molar-refractivity contribution < 1.29 is 14.1 Å². The number of esters is 1. The van der Waals surface area contributed by atoms with Crippen molar-refractivity contribution in [3.8, 4) is 0 Å². The minimum absolute atomic E-state index is 0.158. The standard InChI is InChI=1S/C19H23NO3SSi/c1-25(2,3)23-20(14-15-8-5-4-6-9-15)19(17-10-7-13-24-17)16-11-12-18(21)22-16/h4-13,16,19H,14H2,1-3H3. The van der Waals surface area contributed by atoms with E-state index in [0.717, 1.165) is 10.4 Å². The first-order chi connectivity index (χ1) is 11.9. The molecule has 1 aromatic heterocycles. The summed E-state index contributed by atoms with van der Waals surface area (Å²) in [5, 5.41) is 4.04. The van der Waals surface area contributed by atoms with Crippen LogP contribution in [0.25, 0.3) is 0 Å². The molecule has 25 heavy (non-hydrogen) atoms. The van der Waals surface area contributed by atoms with Gasteiger partial charge in [-0.3, -0.25) is 0 Å². The number of carbonyl (C=O) groups excluding carboxylic acids is 1. The molecule has 1 aliphatic heterocycles. The second kappa shape index (κ2) is 7.66. The summed E-state index contributed by atoms with van der Waals surface area (Å²) in [6.45, 7) is 7.11. The van der Waals surface area contributed by atoms with Gasteiger partial charge in [0.2, 0.25) is 8.32 Å². The SMILES string of the molecule is C[Si](C)(C)ON(Cc1ccccc1)C(c1cccs1)C1C=CC(=O)O1. The molecule has 2 atom stereocenters. The van der Waals surface area contributed by atoms with Crippen LogP contribution in [0.2, 0.25) is 19.6 Å². The van der Waals surface area contributed by atoms with Gasteiger partial charge in [0.25, 0.3) is 0 Å². The number of cyclic esters (lactones) is 1. The number of nitrogens with zero attached hydrogens (tertiary/aromatic N) is 1. The molecule has 0 aliphatic carbocycles. The second-order valence-corrected chi connectivity index (χ2v) is 12.4. The minimum Gasteiger partial charge on any atom is -0.453 e. The van der Waals surface area contributed by atoms with Crippen LogP contribution >= 0.6 is 11.3 Å². The van der Waals surface area contributed by atoms with Crippen LogP contribution in [0.5, 0.6) is 0 Å². The summed E-state index contributed by atoms with van der Waals surface area (Å²) >= 11 is 1.65. The van der Waals surface area contributed by atoms with E-state index in [-0.39, 0.29) is 18.1 Å². The number of rotatable bonds is 7. The van der Waals surface area contributed by atoms with E-state index in [2.05, 4.69) is 37.8 Å². The van der Waals surface area contributed by atoms with Crippen LogP contribution in [0.3, 0.4) is 0 Å². The number of thiophene rings is 1. The van der Waals surface area contributed by atoms with Crippen LogP contribution < -0.4 is 0 Å². The fourth-order valence-electron chi connectivity index (χ4n) is 2.79. The largest absolute Gasteiger partial charge is 0.453 e. The van der Waals surface area contributed by atoms with Gasteiger partial charge in [-0.2, -0.15) is 5.06 Å². The van der Waals surface area contributed by atoms with Crippen LogP contribution in [0, 0.1) is 0 Å². The maximum atomic E-state index is 11.6. The quantitative estimate of drug-likeness (QED) is 0.406. The summed E-state index contributed by atoms with van der Waals surface area (Å²) in [6.07, 6.45) is 2.99. The summed E-state index contributed by atoms with van der Waals surface area (Å²) in [5.74, 6) is -0.292. The van der Waals surface area contributed by atoms with E-state index in [0.29, 0.717) is 6.54 Å². The van der Waals surface area contributed by atoms with Crippen LogP contribution in [-0.4, -0.2) is 25.5 Å². The van der Waals surface area contributed by atoms with Gasteiger partial charge in [0, 0.05) is 17.5 Å². The average molecular weight is 374 g/mol. The molecular weight excluding hydrogens is 350 g/mol. The third-order valence-electron chi connectivity index (χ3n) is 3.70. The van der Waals surface area contributed by atoms with Crippen molar-refractivity contribution in [2.75, 3.05) is 0 Å². The molecule has 1 aliphatic rings. The van der Waals surface area contributed by atoms with Crippen molar-refractivity contribution in [1.29, 1.82) is 0 Å². The lowest BCUT2D eigenvalue weighted by molar-refractivity contribution is -0.160. The molecule has 4 nitrogen and oxygen atoms in total. The Morgan fingerprint density at radius 2 is 1.96 bits per heavy atom. The zero-order valence-electron chi connectivity index (χ0n) is 14.7. The van der Waals surface area contributed by atoms with Crippen molar-refractivity contribution in [2.24, 2.45) is 0 Å². The lowest BCUT2D eigenvalue weighted by atomic mass is 10.1. The Balaban J connectivity index is 1.94. The summed E-state index contributed by atoms with van der Waals surface area (Å²) in [5.41, 5.74) is 1.16. The molecule has 0 amide bonds. The predicted molar refractivity (Wildman–Crippen MR) is 102 cm³/mol. The van der Waals surface area contributed by atoms with Gasteiger partial charge in [-0.15, -0.1) is 11.3 Å². The summed E-state index contributed by atoms with van der Waals surface area (Å²) in [7, 11) is -1.85. The Bertz CT molecular complexity index is 725. The molecular formula is C19H23NO3SSi. The van der Waals surface area contributed by atoms with Crippen molar-refractivity contribution in [1.82, 2.24) is 5.06 Å². The highest BCUT2D eigenvalue weighted by Crippen LogP contribution is 2.35. The number of ether oxygens (including phenoxy) is 1. The number of hydroxylamine groups is 2. The highest BCUT2D eigenvalue weighted by molar-refractivity contribution is 7.10. The Labute approximate surface area is 153 Å². The first-order valence-corrected chi connectivity index (χ1v) is 12.6. The molecule has 0 saturated carbocycles. The maximum Gasteiger partial charge on any atom is 0.331 e.